The van der Waals surface area contributed by atoms with Crippen LogP contribution in [0.3, 0.4) is 0 Å². The number of H-pyrrole nitrogens is 1. The zero-order valence-corrected chi connectivity index (χ0v) is 11.1. The van der Waals surface area contributed by atoms with E-state index in [0.717, 1.165) is 17.7 Å². The maximum Gasteiger partial charge on any atom is 0.242 e. The molecule has 0 spiro atoms. The first kappa shape index (κ1) is 13.1. The standard InChI is InChI=1S/C12H18N6O/c1-3-4-19-12-10(13)11(15-7-16-12)14-5-9-6-17-18-8(9)2/h6-7H,3-5,13H2,1-2H3,(H,17,18)(H,14,15,16). The molecule has 0 amide bonds. The first-order valence-corrected chi connectivity index (χ1v) is 6.18. The molecule has 0 radical (unpaired) electrons. The summed E-state index contributed by atoms with van der Waals surface area (Å²) < 4.78 is 5.45. The number of hydrogen-bond acceptors (Lipinski definition) is 6. The van der Waals surface area contributed by atoms with Gasteiger partial charge >= 0.3 is 0 Å². The van der Waals surface area contributed by atoms with Gasteiger partial charge in [-0.25, -0.2) is 4.98 Å². The van der Waals surface area contributed by atoms with E-state index < -0.39 is 0 Å². The zero-order valence-electron chi connectivity index (χ0n) is 11.1. The molecule has 7 heteroatoms. The van der Waals surface area contributed by atoms with Crippen LogP contribution in [-0.4, -0.2) is 26.8 Å². The van der Waals surface area contributed by atoms with Gasteiger partial charge < -0.3 is 15.8 Å². The minimum absolute atomic E-state index is 0.420. The Kier molecular flexibility index (Phi) is 4.17. The fourth-order valence-corrected chi connectivity index (χ4v) is 1.57. The van der Waals surface area contributed by atoms with Gasteiger partial charge in [0.2, 0.25) is 5.88 Å². The topological polar surface area (TPSA) is 102 Å². The van der Waals surface area contributed by atoms with Crippen LogP contribution in [0.1, 0.15) is 24.6 Å². The summed E-state index contributed by atoms with van der Waals surface area (Å²) in [5, 5.41) is 10.00. The van der Waals surface area contributed by atoms with E-state index in [0.29, 0.717) is 30.5 Å². The van der Waals surface area contributed by atoms with Crippen molar-refractivity contribution in [1.29, 1.82) is 0 Å². The highest BCUT2D eigenvalue weighted by atomic mass is 16.5. The van der Waals surface area contributed by atoms with Crippen LogP contribution in [-0.2, 0) is 6.54 Å². The number of nitrogen functional groups attached to an aromatic ring is 1. The van der Waals surface area contributed by atoms with Gasteiger partial charge in [-0.3, -0.25) is 5.10 Å². The van der Waals surface area contributed by atoms with Crippen molar-refractivity contribution in [2.24, 2.45) is 0 Å². The van der Waals surface area contributed by atoms with Crippen molar-refractivity contribution in [3.63, 3.8) is 0 Å². The lowest BCUT2D eigenvalue weighted by molar-refractivity contribution is 0.306. The van der Waals surface area contributed by atoms with Gasteiger partial charge in [-0.05, 0) is 13.3 Å². The molecule has 0 saturated heterocycles. The minimum Gasteiger partial charge on any atom is -0.476 e. The third kappa shape index (κ3) is 3.12. The van der Waals surface area contributed by atoms with Gasteiger partial charge in [-0.15, -0.1) is 0 Å². The average Bonchev–Trinajstić information content (AvgIpc) is 2.82. The van der Waals surface area contributed by atoms with Gasteiger partial charge in [0.15, 0.2) is 5.82 Å². The average molecular weight is 262 g/mol. The van der Waals surface area contributed by atoms with Gasteiger partial charge in [0.05, 0.1) is 12.8 Å². The number of aryl methyl sites for hydroxylation is 1. The monoisotopic (exact) mass is 262 g/mol. The van der Waals surface area contributed by atoms with Crippen LogP contribution in [0.15, 0.2) is 12.5 Å². The van der Waals surface area contributed by atoms with Crippen molar-refractivity contribution in [2.75, 3.05) is 17.7 Å². The highest BCUT2D eigenvalue weighted by Crippen LogP contribution is 2.25. The Morgan fingerprint density at radius 2 is 2.26 bits per heavy atom. The summed E-state index contributed by atoms with van der Waals surface area (Å²) in [5.74, 6) is 0.991. The van der Waals surface area contributed by atoms with Gasteiger partial charge in [0, 0.05) is 17.8 Å². The molecule has 0 aromatic carbocycles. The van der Waals surface area contributed by atoms with Crippen molar-refractivity contribution in [1.82, 2.24) is 20.2 Å². The van der Waals surface area contributed by atoms with E-state index in [2.05, 4.69) is 25.5 Å². The Hall–Kier alpha value is -2.31. The van der Waals surface area contributed by atoms with Crippen LogP contribution in [0.25, 0.3) is 0 Å². The molecule has 2 rings (SSSR count). The highest BCUT2D eigenvalue weighted by molar-refractivity contribution is 5.66. The molecule has 19 heavy (non-hydrogen) atoms. The third-order valence-electron chi connectivity index (χ3n) is 2.67. The summed E-state index contributed by atoms with van der Waals surface area (Å²) in [6, 6.07) is 0. The number of anilines is 2. The second-order valence-corrected chi connectivity index (χ2v) is 4.16. The lowest BCUT2D eigenvalue weighted by Crippen LogP contribution is -2.08. The highest BCUT2D eigenvalue weighted by Gasteiger charge is 2.09. The Labute approximate surface area is 111 Å². The molecule has 7 nitrogen and oxygen atoms in total. The molecule has 2 aromatic heterocycles. The second kappa shape index (κ2) is 6.03. The van der Waals surface area contributed by atoms with Crippen LogP contribution in [0.5, 0.6) is 5.88 Å². The number of hydrogen-bond donors (Lipinski definition) is 3. The molecule has 0 atom stereocenters. The van der Waals surface area contributed by atoms with E-state index in [4.69, 9.17) is 10.5 Å². The van der Waals surface area contributed by atoms with Crippen molar-refractivity contribution in [3.8, 4) is 5.88 Å². The van der Waals surface area contributed by atoms with Crippen LogP contribution >= 0.6 is 0 Å². The molecule has 4 N–H and O–H groups in total. The zero-order chi connectivity index (χ0) is 13.7. The molecule has 0 unspecified atom stereocenters. The summed E-state index contributed by atoms with van der Waals surface area (Å²) in [6.45, 7) is 5.17. The Balaban J connectivity index is 2.06. The normalized spacial score (nSPS) is 10.4. The Bertz CT molecular complexity index is 539. The smallest absolute Gasteiger partial charge is 0.242 e. The molecule has 0 aliphatic rings. The number of nitrogens with two attached hydrogens (primary N) is 1. The second-order valence-electron chi connectivity index (χ2n) is 4.16. The van der Waals surface area contributed by atoms with Crippen molar-refractivity contribution >= 4 is 11.5 Å². The SMILES string of the molecule is CCCOc1ncnc(NCc2cn[nH]c2C)c1N. The number of nitrogens with zero attached hydrogens (tertiary/aromatic N) is 3. The predicted octanol–water partition coefficient (Wildman–Crippen LogP) is 1.49. The van der Waals surface area contributed by atoms with Gasteiger partial charge in [-0.2, -0.15) is 10.1 Å². The summed E-state index contributed by atoms with van der Waals surface area (Å²) >= 11 is 0. The summed E-state index contributed by atoms with van der Waals surface area (Å²) in [7, 11) is 0. The minimum atomic E-state index is 0.420. The molecule has 0 aliphatic heterocycles. The molecule has 0 fully saturated rings. The third-order valence-corrected chi connectivity index (χ3v) is 2.67. The molecule has 0 aliphatic carbocycles. The number of aromatic amines is 1. The van der Waals surface area contributed by atoms with Gasteiger partial charge in [0.1, 0.15) is 12.0 Å². The van der Waals surface area contributed by atoms with Gasteiger partial charge in [-0.1, -0.05) is 6.92 Å². The number of rotatable bonds is 6. The van der Waals surface area contributed by atoms with Crippen molar-refractivity contribution < 1.29 is 4.74 Å². The summed E-state index contributed by atoms with van der Waals surface area (Å²) in [4.78, 5) is 8.14. The van der Waals surface area contributed by atoms with Crippen LogP contribution < -0.4 is 15.8 Å². The van der Waals surface area contributed by atoms with E-state index in [1.54, 1.807) is 6.20 Å². The summed E-state index contributed by atoms with van der Waals surface area (Å²) in [6.07, 6.45) is 4.11. The maximum absolute atomic E-state index is 5.97. The molecule has 2 aromatic rings. The largest absolute Gasteiger partial charge is 0.476 e. The lowest BCUT2D eigenvalue weighted by atomic mass is 10.2. The van der Waals surface area contributed by atoms with Crippen LogP contribution in [0, 0.1) is 6.92 Å². The molecular weight excluding hydrogens is 244 g/mol. The first-order chi connectivity index (χ1) is 9.22. The van der Waals surface area contributed by atoms with Crippen molar-refractivity contribution in [3.05, 3.63) is 23.8 Å². The quantitative estimate of drug-likeness (QED) is 0.729. The van der Waals surface area contributed by atoms with E-state index >= 15 is 0 Å². The fourth-order valence-electron chi connectivity index (χ4n) is 1.57. The molecule has 102 valence electrons. The van der Waals surface area contributed by atoms with Crippen molar-refractivity contribution in [2.45, 2.75) is 26.8 Å². The molecule has 2 heterocycles. The first-order valence-electron chi connectivity index (χ1n) is 6.18. The van der Waals surface area contributed by atoms with Gasteiger partial charge in [0.25, 0.3) is 0 Å². The van der Waals surface area contributed by atoms with Crippen LogP contribution in [0.4, 0.5) is 11.5 Å². The van der Waals surface area contributed by atoms with E-state index in [9.17, 15) is 0 Å². The fraction of sp³-hybridized carbons (Fsp3) is 0.417. The lowest BCUT2D eigenvalue weighted by Gasteiger charge is -2.11. The number of nitrogens with one attached hydrogen (secondary N) is 2. The molecular formula is C12H18N6O. The maximum atomic E-state index is 5.97. The van der Waals surface area contributed by atoms with Crippen LogP contribution in [0.2, 0.25) is 0 Å². The summed E-state index contributed by atoms with van der Waals surface area (Å²) in [5.41, 5.74) is 8.47. The predicted molar refractivity (Wildman–Crippen MR) is 72.9 cm³/mol. The number of ether oxygens (including phenoxy) is 1. The Morgan fingerprint density at radius 1 is 1.42 bits per heavy atom. The van der Waals surface area contributed by atoms with E-state index in [1.807, 2.05) is 13.8 Å². The van der Waals surface area contributed by atoms with E-state index in [1.165, 1.54) is 6.33 Å². The molecule has 0 bridgehead atoms. The number of aromatic nitrogens is 4. The van der Waals surface area contributed by atoms with E-state index in [-0.39, 0.29) is 0 Å². The Morgan fingerprint density at radius 3 is 2.95 bits per heavy atom. The molecule has 0 saturated carbocycles.